The molecule has 1 aliphatic rings. The van der Waals surface area contributed by atoms with Gasteiger partial charge in [-0.1, -0.05) is 18.0 Å². The van der Waals surface area contributed by atoms with Gasteiger partial charge in [0.2, 0.25) is 0 Å². The topological polar surface area (TPSA) is 24.9 Å². The van der Waals surface area contributed by atoms with Crippen LogP contribution < -0.4 is 5.32 Å². The van der Waals surface area contributed by atoms with E-state index in [2.05, 4.69) is 26.2 Å². The second-order valence-electron chi connectivity index (χ2n) is 3.67. The Balaban J connectivity index is 1.96. The zero-order valence-corrected chi connectivity index (χ0v) is 10.1. The summed E-state index contributed by atoms with van der Waals surface area (Å²) >= 11 is 9.32. The van der Waals surface area contributed by atoms with Crippen molar-refractivity contribution in [2.24, 2.45) is 5.92 Å². The number of hydrogen-bond donors (Lipinski definition) is 1. The van der Waals surface area contributed by atoms with Crippen LogP contribution in [0.5, 0.6) is 0 Å². The first kappa shape index (κ1) is 10.2. The van der Waals surface area contributed by atoms with Crippen LogP contribution >= 0.6 is 27.5 Å². The first-order chi connectivity index (χ1) is 6.75. The Morgan fingerprint density at radius 1 is 1.57 bits per heavy atom. The molecule has 0 aliphatic heterocycles. The van der Waals surface area contributed by atoms with Crippen molar-refractivity contribution in [3.8, 4) is 0 Å². The second-order valence-corrected chi connectivity index (χ2v) is 4.94. The number of nitrogens with one attached hydrogen (secondary N) is 1. The lowest BCUT2D eigenvalue weighted by atomic mass is 9.85. The first-order valence-electron chi connectivity index (χ1n) is 4.80. The minimum absolute atomic E-state index is 0.549. The molecule has 0 unspecified atom stereocenters. The van der Waals surface area contributed by atoms with Gasteiger partial charge in [0.05, 0.1) is 5.69 Å². The normalized spacial score (nSPS) is 16.4. The van der Waals surface area contributed by atoms with E-state index in [0.29, 0.717) is 5.15 Å². The standard InChI is InChI=1S/C10H12BrClN2/c11-8-4-9(10(12)14-6-8)13-5-7-2-1-3-7/h4,6-7,13H,1-3,5H2. The van der Waals surface area contributed by atoms with E-state index >= 15 is 0 Å². The Bertz CT molecular complexity index is 326. The number of anilines is 1. The summed E-state index contributed by atoms with van der Waals surface area (Å²) in [7, 11) is 0. The summed E-state index contributed by atoms with van der Waals surface area (Å²) in [6.07, 6.45) is 5.76. The van der Waals surface area contributed by atoms with Crippen molar-refractivity contribution in [1.29, 1.82) is 0 Å². The Labute approximate surface area is 97.2 Å². The van der Waals surface area contributed by atoms with E-state index in [4.69, 9.17) is 11.6 Å². The molecule has 1 aliphatic carbocycles. The summed E-state index contributed by atoms with van der Waals surface area (Å²) in [6, 6.07) is 1.97. The molecule has 0 atom stereocenters. The monoisotopic (exact) mass is 274 g/mol. The predicted molar refractivity (Wildman–Crippen MR) is 62.8 cm³/mol. The molecule has 0 bridgehead atoms. The molecule has 14 heavy (non-hydrogen) atoms. The average molecular weight is 276 g/mol. The third-order valence-corrected chi connectivity index (χ3v) is 3.35. The van der Waals surface area contributed by atoms with Crippen LogP contribution in [0.2, 0.25) is 5.15 Å². The van der Waals surface area contributed by atoms with Crippen LogP contribution in [0, 0.1) is 5.92 Å². The molecule has 1 saturated carbocycles. The highest BCUT2D eigenvalue weighted by Crippen LogP contribution is 2.28. The van der Waals surface area contributed by atoms with Crippen molar-refractivity contribution in [2.45, 2.75) is 19.3 Å². The summed E-state index contributed by atoms with van der Waals surface area (Å²) in [5, 5.41) is 3.88. The first-order valence-corrected chi connectivity index (χ1v) is 5.98. The largest absolute Gasteiger partial charge is 0.382 e. The minimum Gasteiger partial charge on any atom is -0.382 e. The summed E-state index contributed by atoms with van der Waals surface area (Å²) < 4.78 is 0.956. The fourth-order valence-electron chi connectivity index (χ4n) is 1.50. The van der Waals surface area contributed by atoms with Crippen molar-refractivity contribution >= 4 is 33.2 Å². The smallest absolute Gasteiger partial charge is 0.152 e. The summed E-state index contributed by atoms with van der Waals surface area (Å²) in [5.74, 6) is 0.824. The second kappa shape index (κ2) is 4.49. The third-order valence-electron chi connectivity index (χ3n) is 2.61. The number of pyridine rings is 1. The fourth-order valence-corrected chi connectivity index (χ4v) is 2.00. The van der Waals surface area contributed by atoms with E-state index in [0.717, 1.165) is 22.6 Å². The van der Waals surface area contributed by atoms with Gasteiger partial charge in [0, 0.05) is 17.2 Å². The fraction of sp³-hybridized carbons (Fsp3) is 0.500. The predicted octanol–water partition coefficient (Wildman–Crippen LogP) is 3.71. The number of nitrogens with zero attached hydrogens (tertiary/aromatic N) is 1. The molecule has 0 radical (unpaired) electrons. The molecule has 76 valence electrons. The maximum atomic E-state index is 5.95. The highest BCUT2D eigenvalue weighted by atomic mass is 79.9. The van der Waals surface area contributed by atoms with Gasteiger partial charge in [0.15, 0.2) is 5.15 Å². The SMILES string of the molecule is Clc1ncc(Br)cc1NCC1CCC1. The average Bonchev–Trinajstić information content (AvgIpc) is 2.08. The minimum atomic E-state index is 0.549. The molecule has 1 heterocycles. The van der Waals surface area contributed by atoms with Gasteiger partial charge in [-0.25, -0.2) is 4.98 Å². The van der Waals surface area contributed by atoms with Gasteiger partial charge >= 0.3 is 0 Å². The van der Waals surface area contributed by atoms with Crippen LogP contribution in [-0.2, 0) is 0 Å². The molecule has 1 N–H and O–H groups in total. The molecule has 2 rings (SSSR count). The number of halogens is 2. The molecule has 2 nitrogen and oxygen atoms in total. The third kappa shape index (κ3) is 2.39. The van der Waals surface area contributed by atoms with Crippen molar-refractivity contribution in [2.75, 3.05) is 11.9 Å². The van der Waals surface area contributed by atoms with E-state index in [1.807, 2.05) is 6.07 Å². The lowest BCUT2D eigenvalue weighted by Gasteiger charge is -2.25. The van der Waals surface area contributed by atoms with Gasteiger partial charge in [-0.05, 0) is 40.8 Å². The number of hydrogen-bond acceptors (Lipinski definition) is 2. The Morgan fingerprint density at radius 3 is 3.00 bits per heavy atom. The maximum absolute atomic E-state index is 5.95. The van der Waals surface area contributed by atoms with Crippen LogP contribution in [0.15, 0.2) is 16.7 Å². The highest BCUT2D eigenvalue weighted by molar-refractivity contribution is 9.10. The number of rotatable bonds is 3. The lowest BCUT2D eigenvalue weighted by molar-refractivity contribution is 0.333. The van der Waals surface area contributed by atoms with E-state index in [9.17, 15) is 0 Å². The van der Waals surface area contributed by atoms with Crippen LogP contribution in [0.4, 0.5) is 5.69 Å². The molecule has 0 spiro atoms. The summed E-state index contributed by atoms with van der Waals surface area (Å²) in [4.78, 5) is 4.06. The van der Waals surface area contributed by atoms with Gasteiger partial charge in [0.25, 0.3) is 0 Å². The molecule has 1 aromatic heterocycles. The maximum Gasteiger partial charge on any atom is 0.152 e. The van der Waals surface area contributed by atoms with E-state index in [-0.39, 0.29) is 0 Å². The van der Waals surface area contributed by atoms with Crippen molar-refractivity contribution in [3.05, 3.63) is 21.9 Å². The van der Waals surface area contributed by atoms with Crippen LogP contribution in [0.3, 0.4) is 0 Å². The molecule has 0 amide bonds. The Hall–Kier alpha value is -0.280. The van der Waals surface area contributed by atoms with Gasteiger partial charge in [-0.3, -0.25) is 0 Å². The summed E-state index contributed by atoms with van der Waals surface area (Å²) in [6.45, 7) is 1.01. The zero-order chi connectivity index (χ0) is 9.97. The molecule has 1 aromatic rings. The molecule has 4 heteroatoms. The van der Waals surface area contributed by atoms with Gasteiger partial charge < -0.3 is 5.32 Å². The van der Waals surface area contributed by atoms with Gasteiger partial charge in [0.1, 0.15) is 0 Å². The highest BCUT2D eigenvalue weighted by Gasteiger charge is 2.17. The van der Waals surface area contributed by atoms with Crippen molar-refractivity contribution in [3.63, 3.8) is 0 Å². The van der Waals surface area contributed by atoms with Gasteiger partial charge in [-0.2, -0.15) is 0 Å². The molecule has 0 saturated heterocycles. The summed E-state index contributed by atoms with van der Waals surface area (Å²) in [5.41, 5.74) is 0.924. The van der Waals surface area contributed by atoms with E-state index in [1.165, 1.54) is 19.3 Å². The van der Waals surface area contributed by atoms with Crippen LogP contribution in [-0.4, -0.2) is 11.5 Å². The van der Waals surface area contributed by atoms with Crippen molar-refractivity contribution < 1.29 is 0 Å². The van der Waals surface area contributed by atoms with E-state index < -0.39 is 0 Å². The molecular weight excluding hydrogens is 263 g/mol. The Morgan fingerprint density at radius 2 is 2.36 bits per heavy atom. The quantitative estimate of drug-likeness (QED) is 0.851. The van der Waals surface area contributed by atoms with Gasteiger partial charge in [-0.15, -0.1) is 0 Å². The van der Waals surface area contributed by atoms with Crippen molar-refractivity contribution in [1.82, 2.24) is 4.98 Å². The lowest BCUT2D eigenvalue weighted by Crippen LogP contribution is -2.21. The zero-order valence-electron chi connectivity index (χ0n) is 7.76. The van der Waals surface area contributed by atoms with E-state index in [1.54, 1.807) is 6.20 Å². The molecule has 1 fully saturated rings. The molecule has 0 aromatic carbocycles. The Kier molecular flexibility index (Phi) is 3.29. The molecular formula is C10H12BrClN2. The van der Waals surface area contributed by atoms with Crippen LogP contribution in [0.25, 0.3) is 0 Å². The van der Waals surface area contributed by atoms with Crippen LogP contribution in [0.1, 0.15) is 19.3 Å². The number of aromatic nitrogens is 1.